The van der Waals surface area contributed by atoms with E-state index < -0.39 is 6.61 Å². The predicted octanol–water partition coefficient (Wildman–Crippen LogP) is 2.80. The van der Waals surface area contributed by atoms with E-state index in [-0.39, 0.29) is 12.3 Å². The van der Waals surface area contributed by atoms with Gasteiger partial charge in [0, 0.05) is 35.2 Å². The summed E-state index contributed by atoms with van der Waals surface area (Å²) in [5.41, 5.74) is 6.41. The lowest BCUT2D eigenvalue weighted by Crippen LogP contribution is -2.42. The van der Waals surface area contributed by atoms with Crippen LogP contribution in [0.25, 0.3) is 0 Å². The number of nitrogens with zero attached hydrogens (tertiary/aromatic N) is 2. The minimum absolute atomic E-state index is 0.0696. The molecule has 0 unspecified atom stereocenters. The standard InChI is InChI=1S/C13H16ClF2N3OS/c14-10-1-2-11(20-12(15)16)9(7-10)8-18-13(17)19-3-5-21-6-4-19/h1-2,7,12H,3-6,8H2,(H2,17,18). The van der Waals surface area contributed by atoms with E-state index in [9.17, 15) is 8.78 Å². The minimum atomic E-state index is -2.88. The molecular weight excluding hydrogens is 320 g/mol. The van der Waals surface area contributed by atoms with Crippen LogP contribution >= 0.6 is 23.4 Å². The highest BCUT2D eigenvalue weighted by molar-refractivity contribution is 7.99. The fourth-order valence-corrected chi connectivity index (χ4v) is 3.04. The number of hydrogen-bond donors (Lipinski definition) is 1. The maximum Gasteiger partial charge on any atom is 0.387 e. The summed E-state index contributed by atoms with van der Waals surface area (Å²) in [6, 6.07) is 4.47. The summed E-state index contributed by atoms with van der Waals surface area (Å²) in [6.07, 6.45) is 0. The molecule has 1 saturated heterocycles. The third kappa shape index (κ3) is 4.93. The molecule has 21 heavy (non-hydrogen) atoms. The van der Waals surface area contributed by atoms with E-state index in [1.54, 1.807) is 6.07 Å². The molecule has 0 saturated carbocycles. The molecule has 0 radical (unpaired) electrons. The van der Waals surface area contributed by atoms with Gasteiger partial charge in [-0.25, -0.2) is 4.99 Å². The second-order valence-corrected chi connectivity index (χ2v) is 6.07. The zero-order valence-corrected chi connectivity index (χ0v) is 12.8. The van der Waals surface area contributed by atoms with Crippen LogP contribution in [-0.2, 0) is 6.54 Å². The summed E-state index contributed by atoms with van der Waals surface area (Å²) >= 11 is 7.75. The first-order valence-electron chi connectivity index (χ1n) is 6.42. The number of aliphatic imine (C=N–C) groups is 1. The Hall–Kier alpha value is -1.21. The van der Waals surface area contributed by atoms with Gasteiger partial charge in [0.15, 0.2) is 5.96 Å². The van der Waals surface area contributed by atoms with Crippen molar-refractivity contribution in [2.45, 2.75) is 13.2 Å². The molecule has 0 amide bonds. The first-order valence-corrected chi connectivity index (χ1v) is 7.95. The van der Waals surface area contributed by atoms with Gasteiger partial charge in [0.1, 0.15) is 5.75 Å². The van der Waals surface area contributed by atoms with E-state index in [2.05, 4.69) is 9.73 Å². The monoisotopic (exact) mass is 335 g/mol. The van der Waals surface area contributed by atoms with E-state index in [1.807, 2.05) is 16.7 Å². The third-order valence-electron chi connectivity index (χ3n) is 2.99. The first-order chi connectivity index (χ1) is 10.1. The number of ether oxygens (including phenoxy) is 1. The highest BCUT2D eigenvalue weighted by Crippen LogP contribution is 2.25. The maximum absolute atomic E-state index is 12.4. The van der Waals surface area contributed by atoms with Crippen LogP contribution in [0.2, 0.25) is 5.02 Å². The molecule has 1 aliphatic heterocycles. The summed E-state index contributed by atoms with van der Waals surface area (Å²) in [6.45, 7) is -1.05. The largest absolute Gasteiger partial charge is 0.434 e. The lowest BCUT2D eigenvalue weighted by Gasteiger charge is -2.27. The van der Waals surface area contributed by atoms with Gasteiger partial charge in [-0.2, -0.15) is 20.5 Å². The number of hydrogen-bond acceptors (Lipinski definition) is 3. The fourth-order valence-electron chi connectivity index (χ4n) is 1.94. The molecule has 0 atom stereocenters. The van der Waals surface area contributed by atoms with Crippen LogP contribution in [0.15, 0.2) is 23.2 Å². The molecule has 2 N–H and O–H groups in total. The zero-order chi connectivity index (χ0) is 15.2. The second kappa shape index (κ2) is 7.70. The van der Waals surface area contributed by atoms with E-state index in [0.717, 1.165) is 24.6 Å². The number of guanidine groups is 1. The highest BCUT2D eigenvalue weighted by Gasteiger charge is 2.13. The van der Waals surface area contributed by atoms with Crippen LogP contribution in [0.5, 0.6) is 5.75 Å². The average Bonchev–Trinajstić information content (AvgIpc) is 2.47. The van der Waals surface area contributed by atoms with Gasteiger partial charge in [-0.15, -0.1) is 0 Å². The van der Waals surface area contributed by atoms with E-state index in [0.29, 0.717) is 16.5 Å². The van der Waals surface area contributed by atoms with Crippen molar-refractivity contribution in [3.05, 3.63) is 28.8 Å². The van der Waals surface area contributed by atoms with Crippen LogP contribution in [0.4, 0.5) is 8.78 Å². The highest BCUT2D eigenvalue weighted by atomic mass is 35.5. The number of alkyl halides is 2. The van der Waals surface area contributed by atoms with Crippen LogP contribution < -0.4 is 10.5 Å². The Labute approximate surface area is 131 Å². The zero-order valence-electron chi connectivity index (χ0n) is 11.3. The Bertz CT molecular complexity index is 510. The third-order valence-corrected chi connectivity index (χ3v) is 4.16. The van der Waals surface area contributed by atoms with Crippen LogP contribution in [0, 0.1) is 0 Å². The van der Waals surface area contributed by atoms with E-state index in [4.69, 9.17) is 17.3 Å². The molecule has 0 aromatic heterocycles. The lowest BCUT2D eigenvalue weighted by molar-refractivity contribution is -0.0504. The molecule has 1 aliphatic rings. The summed E-state index contributed by atoms with van der Waals surface area (Å²) in [7, 11) is 0. The normalized spacial score (nSPS) is 16.4. The van der Waals surface area contributed by atoms with Crippen molar-refractivity contribution in [3.63, 3.8) is 0 Å². The first kappa shape index (κ1) is 16.2. The van der Waals surface area contributed by atoms with Gasteiger partial charge in [0.05, 0.1) is 6.54 Å². The molecule has 2 rings (SSSR count). The van der Waals surface area contributed by atoms with Gasteiger partial charge < -0.3 is 15.4 Å². The SMILES string of the molecule is NC(=NCc1cc(Cl)ccc1OC(F)F)N1CCSCC1. The minimum Gasteiger partial charge on any atom is -0.434 e. The van der Waals surface area contributed by atoms with Crippen molar-refractivity contribution >= 4 is 29.3 Å². The van der Waals surface area contributed by atoms with E-state index >= 15 is 0 Å². The molecule has 1 fully saturated rings. The molecule has 1 aromatic rings. The molecule has 1 heterocycles. The topological polar surface area (TPSA) is 50.9 Å². The summed E-state index contributed by atoms with van der Waals surface area (Å²) < 4.78 is 29.2. The Morgan fingerprint density at radius 2 is 2.14 bits per heavy atom. The van der Waals surface area contributed by atoms with Crippen molar-refractivity contribution in [3.8, 4) is 5.75 Å². The maximum atomic E-state index is 12.4. The molecule has 1 aromatic carbocycles. The Kier molecular flexibility index (Phi) is 5.93. The van der Waals surface area contributed by atoms with Crippen molar-refractivity contribution in [1.29, 1.82) is 0 Å². The Morgan fingerprint density at radius 1 is 1.43 bits per heavy atom. The number of nitrogens with two attached hydrogens (primary N) is 1. The smallest absolute Gasteiger partial charge is 0.387 e. The van der Waals surface area contributed by atoms with Crippen molar-refractivity contribution < 1.29 is 13.5 Å². The van der Waals surface area contributed by atoms with Gasteiger partial charge in [0.25, 0.3) is 0 Å². The molecule has 0 aliphatic carbocycles. The summed E-state index contributed by atoms with van der Waals surface area (Å²) in [4.78, 5) is 6.24. The second-order valence-electron chi connectivity index (χ2n) is 4.40. The lowest BCUT2D eigenvalue weighted by atomic mass is 10.2. The molecule has 0 bridgehead atoms. The van der Waals surface area contributed by atoms with E-state index in [1.165, 1.54) is 12.1 Å². The molecule has 0 spiro atoms. The van der Waals surface area contributed by atoms with Crippen molar-refractivity contribution in [2.75, 3.05) is 24.6 Å². The quantitative estimate of drug-likeness (QED) is 0.679. The number of benzene rings is 1. The van der Waals surface area contributed by atoms with Gasteiger partial charge in [-0.05, 0) is 18.2 Å². The Morgan fingerprint density at radius 3 is 2.81 bits per heavy atom. The number of halogens is 3. The Balaban J connectivity index is 2.08. The van der Waals surface area contributed by atoms with Crippen LogP contribution in [-0.4, -0.2) is 42.1 Å². The van der Waals surface area contributed by atoms with Crippen LogP contribution in [0.1, 0.15) is 5.56 Å². The number of thioether (sulfide) groups is 1. The number of rotatable bonds is 4. The molecule has 8 heteroatoms. The molecular formula is C13H16ClF2N3OS. The summed E-state index contributed by atoms with van der Waals surface area (Å²) in [5, 5.41) is 0.440. The molecule has 4 nitrogen and oxygen atoms in total. The fraction of sp³-hybridized carbons (Fsp3) is 0.462. The van der Waals surface area contributed by atoms with Gasteiger partial charge >= 0.3 is 6.61 Å². The van der Waals surface area contributed by atoms with Gasteiger partial charge in [0.2, 0.25) is 0 Å². The predicted molar refractivity (Wildman–Crippen MR) is 82.3 cm³/mol. The van der Waals surface area contributed by atoms with Gasteiger partial charge in [-0.3, -0.25) is 0 Å². The average molecular weight is 336 g/mol. The molecule has 116 valence electrons. The van der Waals surface area contributed by atoms with Crippen molar-refractivity contribution in [2.24, 2.45) is 10.7 Å². The van der Waals surface area contributed by atoms with Crippen molar-refractivity contribution in [1.82, 2.24) is 4.90 Å². The summed E-state index contributed by atoms with van der Waals surface area (Å²) in [5.74, 6) is 2.50. The van der Waals surface area contributed by atoms with Gasteiger partial charge in [-0.1, -0.05) is 11.6 Å². The van der Waals surface area contributed by atoms with Crippen LogP contribution in [0.3, 0.4) is 0 Å².